The number of methoxy groups -OCH3 is 2. The highest BCUT2D eigenvalue weighted by Gasteiger charge is 2.33. The van der Waals surface area contributed by atoms with Crippen LogP contribution in [-0.2, 0) is 14.3 Å². The van der Waals surface area contributed by atoms with Gasteiger partial charge in [-0.15, -0.1) is 0 Å². The minimum absolute atomic E-state index is 0.396. The van der Waals surface area contributed by atoms with Crippen LogP contribution in [0.25, 0.3) is 0 Å². The SMILES string of the molecule is COCCCN(CCOC)C(=O)N[C@H](C(=O)O)C(C)(C)C. The van der Waals surface area contributed by atoms with E-state index in [1.54, 1.807) is 39.9 Å². The third-order valence-electron chi connectivity index (χ3n) is 3.01. The van der Waals surface area contributed by atoms with Crippen molar-refractivity contribution >= 4 is 12.0 Å². The molecular weight excluding hydrogens is 276 g/mol. The number of hydrogen-bond donors (Lipinski definition) is 2. The largest absolute Gasteiger partial charge is 0.480 e. The van der Waals surface area contributed by atoms with E-state index in [1.165, 1.54) is 0 Å². The Hall–Kier alpha value is -1.34. The van der Waals surface area contributed by atoms with E-state index >= 15 is 0 Å². The zero-order valence-electron chi connectivity index (χ0n) is 13.6. The molecule has 0 unspecified atom stereocenters. The number of carbonyl (C=O) groups excluding carboxylic acids is 1. The number of nitrogens with zero attached hydrogens (tertiary/aromatic N) is 1. The highest BCUT2D eigenvalue weighted by Crippen LogP contribution is 2.19. The normalized spacial score (nSPS) is 12.8. The summed E-state index contributed by atoms with van der Waals surface area (Å²) in [6, 6.07) is -1.34. The second-order valence-electron chi connectivity index (χ2n) is 5.91. The van der Waals surface area contributed by atoms with Crippen LogP contribution in [0.3, 0.4) is 0 Å². The minimum atomic E-state index is -1.04. The molecule has 2 amide bonds. The second kappa shape index (κ2) is 9.57. The summed E-state index contributed by atoms with van der Waals surface area (Å²) in [6.45, 7) is 7.15. The van der Waals surface area contributed by atoms with Crippen molar-refractivity contribution in [3.8, 4) is 0 Å². The van der Waals surface area contributed by atoms with E-state index in [9.17, 15) is 14.7 Å². The first-order valence-electron chi connectivity index (χ1n) is 7.00. The zero-order chi connectivity index (χ0) is 16.5. The molecule has 0 heterocycles. The Balaban J connectivity index is 4.72. The van der Waals surface area contributed by atoms with Gasteiger partial charge in [0, 0.05) is 33.9 Å². The third-order valence-corrected chi connectivity index (χ3v) is 3.01. The number of rotatable bonds is 9. The molecule has 0 aliphatic heterocycles. The van der Waals surface area contributed by atoms with Crippen LogP contribution in [0.15, 0.2) is 0 Å². The Kier molecular flexibility index (Phi) is 8.96. The monoisotopic (exact) mass is 304 g/mol. The lowest BCUT2D eigenvalue weighted by Crippen LogP contribution is -2.54. The number of aliphatic carboxylic acids is 1. The molecule has 0 rings (SSSR count). The summed E-state index contributed by atoms with van der Waals surface area (Å²) < 4.78 is 9.95. The summed E-state index contributed by atoms with van der Waals surface area (Å²) in [4.78, 5) is 25.1. The van der Waals surface area contributed by atoms with Gasteiger partial charge in [-0.1, -0.05) is 20.8 Å². The van der Waals surface area contributed by atoms with E-state index in [4.69, 9.17) is 9.47 Å². The molecule has 0 saturated carbocycles. The topological polar surface area (TPSA) is 88.1 Å². The van der Waals surface area contributed by atoms with Crippen LogP contribution >= 0.6 is 0 Å². The quantitative estimate of drug-likeness (QED) is 0.625. The Bertz CT molecular complexity index is 328. The molecule has 7 nitrogen and oxygen atoms in total. The van der Waals surface area contributed by atoms with Crippen molar-refractivity contribution in [1.82, 2.24) is 10.2 Å². The van der Waals surface area contributed by atoms with Crippen molar-refractivity contribution in [2.75, 3.05) is 40.5 Å². The first-order valence-corrected chi connectivity index (χ1v) is 7.00. The molecule has 0 aromatic rings. The lowest BCUT2D eigenvalue weighted by molar-refractivity contribution is -0.142. The summed E-state index contributed by atoms with van der Waals surface area (Å²) in [5.41, 5.74) is -0.569. The molecule has 0 aliphatic carbocycles. The molecule has 0 spiro atoms. The fraction of sp³-hybridized carbons (Fsp3) is 0.857. The fourth-order valence-electron chi connectivity index (χ4n) is 1.78. The molecule has 2 N–H and O–H groups in total. The summed E-state index contributed by atoms with van der Waals surface area (Å²) >= 11 is 0. The first kappa shape index (κ1) is 19.7. The highest BCUT2D eigenvalue weighted by molar-refractivity contribution is 5.83. The van der Waals surface area contributed by atoms with Crippen LogP contribution in [0, 0.1) is 5.41 Å². The van der Waals surface area contributed by atoms with Gasteiger partial charge < -0.3 is 24.8 Å². The predicted molar refractivity (Wildman–Crippen MR) is 79.4 cm³/mol. The summed E-state index contributed by atoms with van der Waals surface area (Å²) in [7, 11) is 3.15. The van der Waals surface area contributed by atoms with Gasteiger partial charge in [-0.3, -0.25) is 0 Å². The molecule has 0 aliphatic rings. The van der Waals surface area contributed by atoms with Crippen molar-refractivity contribution in [2.24, 2.45) is 5.41 Å². The number of carbonyl (C=O) groups is 2. The number of carboxylic acids is 1. The number of urea groups is 1. The van der Waals surface area contributed by atoms with Crippen molar-refractivity contribution in [3.63, 3.8) is 0 Å². The van der Waals surface area contributed by atoms with E-state index in [1.807, 2.05) is 0 Å². The van der Waals surface area contributed by atoms with Crippen LogP contribution < -0.4 is 5.32 Å². The lowest BCUT2D eigenvalue weighted by Gasteiger charge is -2.31. The van der Waals surface area contributed by atoms with Crippen molar-refractivity contribution < 1.29 is 24.2 Å². The molecular formula is C14H28N2O5. The van der Waals surface area contributed by atoms with E-state index in [2.05, 4.69) is 5.32 Å². The van der Waals surface area contributed by atoms with Crippen LogP contribution in [0.2, 0.25) is 0 Å². The number of carboxylic acid groups (broad SMARTS) is 1. The maximum absolute atomic E-state index is 12.3. The molecule has 0 bridgehead atoms. The summed E-state index contributed by atoms with van der Waals surface area (Å²) in [5.74, 6) is -1.04. The van der Waals surface area contributed by atoms with Gasteiger partial charge in [-0.05, 0) is 11.8 Å². The van der Waals surface area contributed by atoms with Gasteiger partial charge in [0.05, 0.1) is 6.61 Å². The summed E-state index contributed by atoms with van der Waals surface area (Å²) in [6.07, 6.45) is 0.681. The Morgan fingerprint density at radius 2 is 1.71 bits per heavy atom. The standard InChI is InChI=1S/C14H28N2O5/c1-14(2,3)11(12(17)18)15-13(19)16(8-10-21-5)7-6-9-20-4/h11H,6-10H2,1-5H3,(H,15,19)(H,17,18)/t11-/m1/s1. The average molecular weight is 304 g/mol. The Morgan fingerprint density at radius 3 is 2.14 bits per heavy atom. The van der Waals surface area contributed by atoms with Crippen molar-refractivity contribution in [2.45, 2.75) is 33.2 Å². The number of nitrogens with one attached hydrogen (secondary N) is 1. The maximum Gasteiger partial charge on any atom is 0.326 e. The van der Waals surface area contributed by atoms with Crippen LogP contribution in [0.4, 0.5) is 4.79 Å². The van der Waals surface area contributed by atoms with E-state index in [0.29, 0.717) is 32.7 Å². The lowest BCUT2D eigenvalue weighted by atomic mass is 9.87. The molecule has 0 aromatic carbocycles. The molecule has 7 heteroatoms. The van der Waals surface area contributed by atoms with Gasteiger partial charge in [0.2, 0.25) is 0 Å². The highest BCUT2D eigenvalue weighted by atomic mass is 16.5. The van der Waals surface area contributed by atoms with Gasteiger partial charge in [0.15, 0.2) is 0 Å². The van der Waals surface area contributed by atoms with Crippen molar-refractivity contribution in [3.05, 3.63) is 0 Å². The zero-order valence-corrected chi connectivity index (χ0v) is 13.6. The third kappa shape index (κ3) is 7.87. The Labute approximate surface area is 126 Å². The van der Waals surface area contributed by atoms with E-state index < -0.39 is 23.5 Å². The number of hydrogen-bond acceptors (Lipinski definition) is 4. The molecule has 0 saturated heterocycles. The Morgan fingerprint density at radius 1 is 1.14 bits per heavy atom. The van der Waals surface area contributed by atoms with E-state index in [-0.39, 0.29) is 0 Å². The fourth-order valence-corrected chi connectivity index (χ4v) is 1.78. The maximum atomic E-state index is 12.3. The van der Waals surface area contributed by atoms with Crippen LogP contribution in [-0.4, -0.2) is 68.6 Å². The van der Waals surface area contributed by atoms with Crippen molar-refractivity contribution in [1.29, 1.82) is 0 Å². The van der Waals surface area contributed by atoms with Gasteiger partial charge >= 0.3 is 12.0 Å². The van der Waals surface area contributed by atoms with Gasteiger partial charge in [-0.25, -0.2) is 9.59 Å². The molecule has 21 heavy (non-hydrogen) atoms. The predicted octanol–water partition coefficient (Wildman–Crippen LogP) is 1.18. The molecule has 1 atom stereocenters. The smallest absolute Gasteiger partial charge is 0.326 e. The van der Waals surface area contributed by atoms with Crippen LogP contribution in [0.1, 0.15) is 27.2 Å². The van der Waals surface area contributed by atoms with Gasteiger partial charge in [0.1, 0.15) is 6.04 Å². The van der Waals surface area contributed by atoms with Gasteiger partial charge in [-0.2, -0.15) is 0 Å². The number of ether oxygens (including phenoxy) is 2. The average Bonchev–Trinajstić information content (AvgIpc) is 2.38. The minimum Gasteiger partial charge on any atom is -0.480 e. The summed E-state index contributed by atoms with van der Waals surface area (Å²) in [5, 5.41) is 11.8. The second-order valence-corrected chi connectivity index (χ2v) is 5.91. The van der Waals surface area contributed by atoms with Crippen LogP contribution in [0.5, 0.6) is 0 Å². The molecule has 0 aromatic heterocycles. The molecule has 0 radical (unpaired) electrons. The number of amides is 2. The first-order chi connectivity index (χ1) is 9.73. The molecule has 0 fully saturated rings. The molecule has 124 valence electrons. The van der Waals surface area contributed by atoms with E-state index in [0.717, 1.165) is 0 Å². The van der Waals surface area contributed by atoms with Gasteiger partial charge in [0.25, 0.3) is 0 Å².